The van der Waals surface area contributed by atoms with E-state index in [0.29, 0.717) is 22.3 Å². The zero-order valence-electron chi connectivity index (χ0n) is 15.1. The van der Waals surface area contributed by atoms with Crippen LogP contribution in [0.3, 0.4) is 0 Å². The monoisotopic (exact) mass is 428 g/mol. The van der Waals surface area contributed by atoms with Crippen molar-refractivity contribution in [1.82, 2.24) is 4.90 Å². The van der Waals surface area contributed by atoms with Crippen LogP contribution >= 0.6 is 15.9 Å². The molecule has 27 heavy (non-hydrogen) atoms. The largest absolute Gasteiger partial charge is 0.497 e. The number of carbonyl (C=O) groups is 2. The molecule has 0 radical (unpaired) electrons. The quantitative estimate of drug-likeness (QED) is 0.800. The first-order valence-corrected chi connectivity index (χ1v) is 9.90. The summed E-state index contributed by atoms with van der Waals surface area (Å²) in [6.45, 7) is 1.40. The lowest BCUT2D eigenvalue weighted by Crippen LogP contribution is -2.36. The van der Waals surface area contributed by atoms with E-state index in [1.54, 1.807) is 25.3 Å². The zero-order valence-corrected chi connectivity index (χ0v) is 16.7. The van der Waals surface area contributed by atoms with Crippen molar-refractivity contribution in [3.05, 3.63) is 57.6 Å². The summed E-state index contributed by atoms with van der Waals surface area (Å²) >= 11 is 3.42. The number of halogens is 1. The van der Waals surface area contributed by atoms with Gasteiger partial charge in [0, 0.05) is 29.2 Å². The van der Waals surface area contributed by atoms with Crippen LogP contribution in [0.2, 0.25) is 0 Å². The number of methoxy groups -OCH3 is 1. The van der Waals surface area contributed by atoms with Crippen LogP contribution in [-0.2, 0) is 17.8 Å². The van der Waals surface area contributed by atoms with Crippen LogP contribution in [0.4, 0.5) is 5.69 Å². The van der Waals surface area contributed by atoms with E-state index >= 15 is 0 Å². The number of fused-ring (bicyclic) bond motifs is 1. The van der Waals surface area contributed by atoms with Gasteiger partial charge in [-0.1, -0.05) is 6.07 Å². The van der Waals surface area contributed by atoms with Crippen molar-refractivity contribution in [3.8, 4) is 5.75 Å². The summed E-state index contributed by atoms with van der Waals surface area (Å²) in [5.41, 5.74) is 3.60. The van der Waals surface area contributed by atoms with Gasteiger partial charge in [0.05, 0.1) is 12.7 Å². The SMILES string of the molecule is COc1ccc(Br)c(C(=O)Nc2ccc3c(c2)CN(C(=O)C2CC2)CC3)c1. The molecule has 140 valence electrons. The van der Waals surface area contributed by atoms with E-state index in [9.17, 15) is 9.59 Å². The van der Waals surface area contributed by atoms with Gasteiger partial charge >= 0.3 is 0 Å². The first-order valence-electron chi connectivity index (χ1n) is 9.10. The fourth-order valence-corrected chi connectivity index (χ4v) is 3.84. The zero-order chi connectivity index (χ0) is 19.0. The Bertz CT molecular complexity index is 908. The molecular formula is C21H21BrN2O3. The lowest BCUT2D eigenvalue weighted by atomic mass is 9.98. The molecule has 2 amide bonds. The van der Waals surface area contributed by atoms with Gasteiger partial charge in [0.25, 0.3) is 5.91 Å². The Morgan fingerprint density at radius 2 is 1.96 bits per heavy atom. The number of amides is 2. The normalized spacial score (nSPS) is 15.9. The average Bonchev–Trinajstić information content (AvgIpc) is 3.52. The van der Waals surface area contributed by atoms with Crippen LogP contribution in [0.5, 0.6) is 5.75 Å². The number of nitrogens with one attached hydrogen (secondary N) is 1. The predicted molar refractivity (Wildman–Crippen MR) is 107 cm³/mol. The number of ether oxygens (including phenoxy) is 1. The minimum Gasteiger partial charge on any atom is -0.497 e. The Hall–Kier alpha value is -2.34. The Kier molecular flexibility index (Phi) is 4.91. The molecule has 0 aromatic heterocycles. The van der Waals surface area contributed by atoms with Crippen molar-refractivity contribution in [2.45, 2.75) is 25.8 Å². The lowest BCUT2D eigenvalue weighted by Gasteiger charge is -2.29. The van der Waals surface area contributed by atoms with Gasteiger partial charge in [0.1, 0.15) is 5.75 Å². The smallest absolute Gasteiger partial charge is 0.256 e. The number of nitrogens with zero attached hydrogens (tertiary/aromatic N) is 1. The van der Waals surface area contributed by atoms with E-state index in [1.165, 1.54) is 5.56 Å². The van der Waals surface area contributed by atoms with Crippen molar-refractivity contribution >= 4 is 33.4 Å². The first kappa shape index (κ1) is 18.0. The van der Waals surface area contributed by atoms with E-state index < -0.39 is 0 Å². The number of hydrogen-bond donors (Lipinski definition) is 1. The van der Waals surface area contributed by atoms with Gasteiger partial charge in [-0.15, -0.1) is 0 Å². The molecule has 0 saturated heterocycles. The fraction of sp³-hybridized carbons (Fsp3) is 0.333. The molecule has 0 unspecified atom stereocenters. The molecule has 1 aliphatic heterocycles. The Labute approximate surface area is 166 Å². The van der Waals surface area contributed by atoms with Gasteiger partial charge in [-0.2, -0.15) is 0 Å². The highest BCUT2D eigenvalue weighted by Crippen LogP contribution is 2.33. The molecule has 1 saturated carbocycles. The van der Waals surface area contributed by atoms with Crippen LogP contribution in [0.15, 0.2) is 40.9 Å². The van der Waals surface area contributed by atoms with Crippen LogP contribution in [0, 0.1) is 5.92 Å². The summed E-state index contributed by atoms with van der Waals surface area (Å²) < 4.78 is 5.91. The Balaban J connectivity index is 1.51. The molecule has 0 spiro atoms. The van der Waals surface area contributed by atoms with Crippen molar-refractivity contribution in [2.24, 2.45) is 5.92 Å². The maximum atomic E-state index is 12.7. The van der Waals surface area contributed by atoms with Gasteiger partial charge in [-0.25, -0.2) is 0 Å². The molecule has 2 aliphatic rings. The molecule has 0 atom stereocenters. The van der Waals surface area contributed by atoms with Gasteiger partial charge in [-0.05, 0) is 76.7 Å². The first-order chi connectivity index (χ1) is 13.0. The average molecular weight is 429 g/mol. The maximum absolute atomic E-state index is 12.7. The molecule has 0 bridgehead atoms. The van der Waals surface area contributed by atoms with Crippen molar-refractivity contribution in [3.63, 3.8) is 0 Å². The van der Waals surface area contributed by atoms with E-state index in [-0.39, 0.29) is 17.7 Å². The molecule has 1 N–H and O–H groups in total. The summed E-state index contributed by atoms with van der Waals surface area (Å²) in [6, 6.07) is 11.2. The predicted octanol–water partition coefficient (Wildman–Crippen LogP) is 4.00. The van der Waals surface area contributed by atoms with E-state index in [4.69, 9.17) is 4.74 Å². The topological polar surface area (TPSA) is 58.6 Å². The molecule has 2 aromatic rings. The second-order valence-corrected chi connectivity index (χ2v) is 7.92. The number of carbonyl (C=O) groups excluding carboxylic acids is 2. The fourth-order valence-electron chi connectivity index (χ4n) is 3.42. The third-order valence-corrected chi connectivity index (χ3v) is 5.82. The number of rotatable bonds is 4. The van der Waals surface area contributed by atoms with Crippen LogP contribution in [0.25, 0.3) is 0 Å². The van der Waals surface area contributed by atoms with Crippen molar-refractivity contribution < 1.29 is 14.3 Å². The highest BCUT2D eigenvalue weighted by atomic mass is 79.9. The van der Waals surface area contributed by atoms with Gasteiger partial charge in [0.15, 0.2) is 0 Å². The minimum absolute atomic E-state index is 0.206. The Morgan fingerprint density at radius 3 is 2.70 bits per heavy atom. The molecule has 6 heteroatoms. The van der Waals surface area contributed by atoms with E-state index in [0.717, 1.165) is 37.1 Å². The van der Waals surface area contributed by atoms with E-state index in [2.05, 4.69) is 21.2 Å². The maximum Gasteiger partial charge on any atom is 0.256 e. The second-order valence-electron chi connectivity index (χ2n) is 7.07. The van der Waals surface area contributed by atoms with Gasteiger partial charge in [0.2, 0.25) is 5.91 Å². The number of hydrogen-bond acceptors (Lipinski definition) is 3. The molecule has 2 aromatic carbocycles. The third-order valence-electron chi connectivity index (χ3n) is 5.13. The molecule has 4 rings (SSSR count). The molecule has 1 fully saturated rings. The summed E-state index contributed by atoms with van der Waals surface area (Å²) in [7, 11) is 1.57. The van der Waals surface area contributed by atoms with Crippen LogP contribution < -0.4 is 10.1 Å². The minimum atomic E-state index is -0.206. The molecule has 5 nitrogen and oxygen atoms in total. The number of anilines is 1. The Morgan fingerprint density at radius 1 is 1.15 bits per heavy atom. The number of benzene rings is 2. The van der Waals surface area contributed by atoms with E-state index in [1.807, 2.05) is 23.1 Å². The molecular weight excluding hydrogens is 408 g/mol. The summed E-state index contributed by atoms with van der Waals surface area (Å²) in [6.07, 6.45) is 2.91. The molecule has 1 heterocycles. The van der Waals surface area contributed by atoms with Crippen LogP contribution in [0.1, 0.15) is 34.3 Å². The van der Waals surface area contributed by atoms with Gasteiger partial charge < -0.3 is 15.0 Å². The second kappa shape index (κ2) is 7.35. The summed E-state index contributed by atoms with van der Waals surface area (Å²) in [5.74, 6) is 0.931. The summed E-state index contributed by atoms with van der Waals surface area (Å²) in [4.78, 5) is 27.0. The van der Waals surface area contributed by atoms with Crippen LogP contribution in [-0.4, -0.2) is 30.4 Å². The van der Waals surface area contributed by atoms with Crippen molar-refractivity contribution in [1.29, 1.82) is 0 Å². The van der Waals surface area contributed by atoms with Gasteiger partial charge in [-0.3, -0.25) is 9.59 Å². The third kappa shape index (κ3) is 3.86. The van der Waals surface area contributed by atoms with Crippen molar-refractivity contribution in [2.75, 3.05) is 19.0 Å². The molecule has 1 aliphatic carbocycles. The standard InChI is InChI=1S/C21H21BrN2O3/c1-27-17-6-7-19(22)18(11-17)20(25)23-16-5-4-13-8-9-24(12-15(13)10-16)21(26)14-2-3-14/h4-7,10-11,14H,2-3,8-9,12H2,1H3,(H,23,25). The lowest BCUT2D eigenvalue weighted by molar-refractivity contribution is -0.133. The highest BCUT2D eigenvalue weighted by Gasteiger charge is 2.34. The summed E-state index contributed by atoms with van der Waals surface area (Å²) in [5, 5.41) is 2.95. The highest BCUT2D eigenvalue weighted by molar-refractivity contribution is 9.10.